The van der Waals surface area contributed by atoms with Gasteiger partial charge in [-0.25, -0.2) is 4.79 Å². The Balaban J connectivity index is 2.49. The van der Waals surface area contributed by atoms with Crippen LogP contribution in [-0.2, 0) is 14.3 Å². The summed E-state index contributed by atoms with van der Waals surface area (Å²) in [7, 11) is 0. The summed E-state index contributed by atoms with van der Waals surface area (Å²) in [6.45, 7) is 14.1. The molecular formula is C28H45N3O4S. The summed E-state index contributed by atoms with van der Waals surface area (Å²) in [5, 5.41) is 5.88. The van der Waals surface area contributed by atoms with E-state index in [0.29, 0.717) is 18.7 Å². The van der Waals surface area contributed by atoms with Gasteiger partial charge in [0.05, 0.1) is 0 Å². The number of alkyl carbamates (subject to hydrolysis) is 1. The largest absolute Gasteiger partial charge is 0.444 e. The molecule has 1 aliphatic carbocycles. The number of hydrogen-bond acceptors (Lipinski definition) is 5. The third kappa shape index (κ3) is 8.71. The number of aryl methyl sites for hydroxylation is 2. The minimum Gasteiger partial charge on any atom is -0.444 e. The second-order valence-corrected chi connectivity index (χ2v) is 11.9. The number of carbonyl (C=O) groups is 3. The van der Waals surface area contributed by atoms with Crippen LogP contribution < -0.4 is 10.6 Å². The number of nitrogens with zero attached hydrogens (tertiary/aromatic N) is 1. The summed E-state index contributed by atoms with van der Waals surface area (Å²) >= 11 is 1.61. The molecular weight excluding hydrogens is 474 g/mol. The predicted octanol–water partition coefficient (Wildman–Crippen LogP) is 5.14. The van der Waals surface area contributed by atoms with Gasteiger partial charge in [0.1, 0.15) is 17.7 Å². The zero-order valence-corrected chi connectivity index (χ0v) is 24.1. The Morgan fingerprint density at radius 3 is 2.44 bits per heavy atom. The number of rotatable bonds is 12. The molecule has 36 heavy (non-hydrogen) atoms. The molecule has 4 atom stereocenters. The molecule has 1 fully saturated rings. The number of thioether (sulfide) groups is 1. The molecule has 7 nitrogen and oxygen atoms in total. The summed E-state index contributed by atoms with van der Waals surface area (Å²) in [6.07, 6.45) is 4.46. The van der Waals surface area contributed by atoms with Gasteiger partial charge < -0.3 is 20.3 Å². The number of unbranched alkanes of at least 4 members (excludes halogenated alkanes) is 1. The first-order valence-corrected chi connectivity index (χ1v) is 14.4. The summed E-state index contributed by atoms with van der Waals surface area (Å²) in [4.78, 5) is 42.3. The lowest BCUT2D eigenvalue weighted by Crippen LogP contribution is -2.54. The van der Waals surface area contributed by atoms with Gasteiger partial charge in [-0.2, -0.15) is 11.8 Å². The number of amides is 3. The highest BCUT2D eigenvalue weighted by Crippen LogP contribution is 2.41. The van der Waals surface area contributed by atoms with Crippen molar-refractivity contribution in [1.29, 1.82) is 0 Å². The van der Waals surface area contributed by atoms with Gasteiger partial charge in [0.2, 0.25) is 11.8 Å². The molecule has 4 unspecified atom stereocenters. The van der Waals surface area contributed by atoms with E-state index in [9.17, 15) is 14.4 Å². The maximum absolute atomic E-state index is 14.2. The fourth-order valence-electron chi connectivity index (χ4n) is 4.25. The van der Waals surface area contributed by atoms with Crippen LogP contribution in [0, 0.1) is 19.8 Å². The number of hydrogen-bond donors (Lipinski definition) is 2. The number of carbonyl (C=O) groups excluding carboxylic acids is 3. The van der Waals surface area contributed by atoms with E-state index in [1.807, 2.05) is 38.3 Å². The predicted molar refractivity (Wildman–Crippen MR) is 147 cm³/mol. The molecule has 0 bridgehead atoms. The van der Waals surface area contributed by atoms with Gasteiger partial charge >= 0.3 is 6.09 Å². The lowest BCUT2D eigenvalue weighted by Gasteiger charge is -2.35. The summed E-state index contributed by atoms with van der Waals surface area (Å²) in [5.41, 5.74) is 2.15. The average molecular weight is 520 g/mol. The number of nitrogens with one attached hydrogen (secondary N) is 2. The van der Waals surface area contributed by atoms with Crippen LogP contribution in [0.2, 0.25) is 0 Å². The Morgan fingerprint density at radius 1 is 1.22 bits per heavy atom. The molecule has 1 saturated carbocycles. The van der Waals surface area contributed by atoms with Gasteiger partial charge in [0.15, 0.2) is 0 Å². The molecule has 0 spiro atoms. The van der Waals surface area contributed by atoms with E-state index in [-0.39, 0.29) is 23.8 Å². The van der Waals surface area contributed by atoms with Crippen molar-refractivity contribution in [3.63, 3.8) is 0 Å². The van der Waals surface area contributed by atoms with Gasteiger partial charge in [-0.15, -0.1) is 0 Å². The lowest BCUT2D eigenvalue weighted by atomic mass is 9.95. The van der Waals surface area contributed by atoms with Crippen LogP contribution in [0.15, 0.2) is 18.2 Å². The number of ether oxygens (including phenoxy) is 1. The molecule has 0 aromatic heterocycles. The molecule has 3 amide bonds. The van der Waals surface area contributed by atoms with Crippen molar-refractivity contribution < 1.29 is 19.1 Å². The van der Waals surface area contributed by atoms with Crippen LogP contribution in [0.4, 0.5) is 4.79 Å². The Labute approximate surface area is 221 Å². The van der Waals surface area contributed by atoms with Gasteiger partial charge in [-0.1, -0.05) is 44.0 Å². The van der Waals surface area contributed by atoms with Crippen LogP contribution in [0.3, 0.4) is 0 Å². The molecule has 202 valence electrons. The van der Waals surface area contributed by atoms with E-state index >= 15 is 0 Å². The first-order chi connectivity index (χ1) is 16.9. The SMILES string of the molecule is CCCCNC(=O)C(c1cc(C)ccc1C)N(C(=O)C(CCSC)NC(=O)OC(C)(C)C)C1CC1C. The molecule has 0 aliphatic heterocycles. The normalized spacial score (nSPS) is 18.7. The second kappa shape index (κ2) is 13.4. The van der Waals surface area contributed by atoms with E-state index in [4.69, 9.17) is 4.74 Å². The van der Waals surface area contributed by atoms with E-state index in [2.05, 4.69) is 24.5 Å². The molecule has 1 aliphatic rings. The molecule has 0 saturated heterocycles. The molecule has 8 heteroatoms. The maximum Gasteiger partial charge on any atom is 0.408 e. The second-order valence-electron chi connectivity index (χ2n) is 10.9. The molecule has 0 heterocycles. The summed E-state index contributed by atoms with van der Waals surface area (Å²) in [5.74, 6) is 0.566. The van der Waals surface area contributed by atoms with Gasteiger partial charge in [-0.05, 0) is 82.9 Å². The van der Waals surface area contributed by atoms with Crippen LogP contribution >= 0.6 is 11.8 Å². The first kappa shape index (κ1) is 30.0. The van der Waals surface area contributed by atoms with Crippen LogP contribution in [0.5, 0.6) is 0 Å². The van der Waals surface area contributed by atoms with Crippen molar-refractivity contribution in [2.75, 3.05) is 18.6 Å². The fraction of sp³-hybridized carbons (Fsp3) is 0.679. The van der Waals surface area contributed by atoms with Gasteiger partial charge in [-0.3, -0.25) is 9.59 Å². The minimum absolute atomic E-state index is 0.0587. The van der Waals surface area contributed by atoms with Crippen molar-refractivity contribution in [3.05, 3.63) is 34.9 Å². The standard InChI is InChI=1S/C28H45N3O4S/c1-9-10-14-29-25(32)24(21-16-18(2)11-12-19(21)3)31(23-17-20(23)4)26(33)22(13-15-36-8)30-27(34)35-28(5,6)7/h11-12,16,20,22-24H,9-10,13-15,17H2,1-8H3,(H,29,32)(H,30,34). The lowest BCUT2D eigenvalue weighted by molar-refractivity contribution is -0.143. The maximum atomic E-state index is 14.2. The van der Waals surface area contributed by atoms with Crippen molar-refractivity contribution >= 4 is 29.7 Å². The fourth-order valence-corrected chi connectivity index (χ4v) is 4.72. The van der Waals surface area contributed by atoms with Crippen LogP contribution in [-0.4, -0.2) is 59.0 Å². The van der Waals surface area contributed by atoms with E-state index in [1.165, 1.54) is 0 Å². The quantitative estimate of drug-likeness (QED) is 0.373. The highest BCUT2D eigenvalue weighted by atomic mass is 32.2. The molecule has 1 aromatic rings. The minimum atomic E-state index is -0.781. The topological polar surface area (TPSA) is 87.7 Å². The van der Waals surface area contributed by atoms with Gasteiger partial charge in [0.25, 0.3) is 0 Å². The number of benzene rings is 1. The Morgan fingerprint density at radius 2 is 1.89 bits per heavy atom. The van der Waals surface area contributed by atoms with E-state index in [0.717, 1.165) is 36.0 Å². The third-order valence-corrected chi connectivity index (χ3v) is 7.01. The van der Waals surface area contributed by atoms with Crippen molar-refractivity contribution in [3.8, 4) is 0 Å². The van der Waals surface area contributed by atoms with Crippen molar-refractivity contribution in [2.24, 2.45) is 5.92 Å². The smallest absolute Gasteiger partial charge is 0.408 e. The zero-order chi connectivity index (χ0) is 27.0. The van der Waals surface area contributed by atoms with Crippen LogP contribution in [0.25, 0.3) is 0 Å². The van der Waals surface area contributed by atoms with Crippen LogP contribution in [0.1, 0.15) is 83.0 Å². The molecule has 2 N–H and O–H groups in total. The Bertz CT molecular complexity index is 915. The van der Waals surface area contributed by atoms with E-state index < -0.39 is 23.8 Å². The molecule has 1 aromatic carbocycles. The zero-order valence-electron chi connectivity index (χ0n) is 23.3. The highest BCUT2D eigenvalue weighted by molar-refractivity contribution is 7.98. The average Bonchev–Trinajstić information content (AvgIpc) is 3.50. The Kier molecular flexibility index (Phi) is 11.1. The summed E-state index contributed by atoms with van der Waals surface area (Å²) < 4.78 is 5.46. The van der Waals surface area contributed by atoms with E-state index in [1.54, 1.807) is 37.4 Å². The first-order valence-electron chi connectivity index (χ1n) is 13.0. The molecule has 2 rings (SSSR count). The monoisotopic (exact) mass is 519 g/mol. The van der Waals surface area contributed by atoms with Crippen molar-refractivity contribution in [1.82, 2.24) is 15.5 Å². The summed E-state index contributed by atoms with van der Waals surface area (Å²) in [6, 6.07) is 4.42. The highest BCUT2D eigenvalue weighted by Gasteiger charge is 2.48. The third-order valence-electron chi connectivity index (χ3n) is 6.36. The Hall–Kier alpha value is -2.22. The van der Waals surface area contributed by atoms with Crippen molar-refractivity contribution in [2.45, 2.75) is 97.9 Å². The molecule has 0 radical (unpaired) electrons. The van der Waals surface area contributed by atoms with Gasteiger partial charge in [0, 0.05) is 12.6 Å².